The first-order valence-electron chi connectivity index (χ1n) is 8.99. The molecule has 0 heterocycles. The van der Waals surface area contributed by atoms with Gasteiger partial charge in [0, 0.05) is 12.3 Å². The second kappa shape index (κ2) is 10.2. The molecule has 1 aromatic rings. The number of benzene rings is 1. The van der Waals surface area contributed by atoms with Crippen LogP contribution < -0.4 is 10.6 Å². The first-order chi connectivity index (χ1) is 12.5. The molecular weight excluding hydrogens is 352 g/mol. The predicted molar refractivity (Wildman–Crippen MR) is 102 cm³/mol. The summed E-state index contributed by atoms with van der Waals surface area (Å²) in [5, 5.41) is 14.8. The Morgan fingerprint density at radius 3 is 2.31 bits per heavy atom. The van der Waals surface area contributed by atoms with Crippen LogP contribution in [-0.2, 0) is 20.8 Å². The fourth-order valence-corrected chi connectivity index (χ4v) is 3.46. The monoisotopic (exact) mass is 378 g/mol. The summed E-state index contributed by atoms with van der Waals surface area (Å²) in [5.41, 5.74) is 0.820. The molecule has 3 N–H and O–H groups in total. The maximum absolute atomic E-state index is 12.6. The van der Waals surface area contributed by atoms with Crippen LogP contribution in [0.3, 0.4) is 0 Å². The Morgan fingerprint density at radius 1 is 1.08 bits per heavy atom. The van der Waals surface area contributed by atoms with Crippen LogP contribution in [0.25, 0.3) is 0 Å². The largest absolute Gasteiger partial charge is 0.480 e. The predicted octanol–water partition coefficient (Wildman–Crippen LogP) is 1.79. The lowest BCUT2D eigenvalue weighted by Crippen LogP contribution is -2.53. The second-order valence-electron chi connectivity index (χ2n) is 6.64. The van der Waals surface area contributed by atoms with Crippen LogP contribution in [0.5, 0.6) is 0 Å². The summed E-state index contributed by atoms with van der Waals surface area (Å²) in [7, 11) is 0. The van der Waals surface area contributed by atoms with Crippen LogP contribution in [0.2, 0.25) is 0 Å². The van der Waals surface area contributed by atoms with E-state index in [0.29, 0.717) is 12.2 Å². The van der Waals surface area contributed by atoms with E-state index in [2.05, 4.69) is 23.3 Å². The maximum atomic E-state index is 12.6. The van der Waals surface area contributed by atoms with E-state index in [-0.39, 0.29) is 18.2 Å². The average Bonchev–Trinajstić information content (AvgIpc) is 3.16. The Morgan fingerprint density at radius 2 is 1.73 bits per heavy atom. The Balaban J connectivity index is 1.98. The van der Waals surface area contributed by atoms with Crippen LogP contribution in [0.15, 0.2) is 30.3 Å². The molecule has 0 aromatic heterocycles. The van der Waals surface area contributed by atoms with E-state index in [9.17, 15) is 19.5 Å². The number of amides is 2. The minimum absolute atomic E-state index is 0.0511. The van der Waals surface area contributed by atoms with Crippen LogP contribution in [-0.4, -0.2) is 40.7 Å². The maximum Gasteiger partial charge on any atom is 0.326 e. The summed E-state index contributed by atoms with van der Waals surface area (Å²) < 4.78 is 0. The van der Waals surface area contributed by atoms with E-state index in [0.717, 1.165) is 31.2 Å². The fraction of sp³-hybridized carbons (Fsp3) is 0.526. The highest BCUT2D eigenvalue weighted by molar-refractivity contribution is 7.80. The SMILES string of the molecule is O=C(NC(CCS)C(=O)N[C@H](Cc1ccccc1)C(=O)O)C1CCCC1. The van der Waals surface area contributed by atoms with E-state index in [1.165, 1.54) is 0 Å². The van der Waals surface area contributed by atoms with Gasteiger partial charge in [0.2, 0.25) is 11.8 Å². The van der Waals surface area contributed by atoms with Crippen molar-refractivity contribution in [2.45, 2.75) is 50.6 Å². The van der Waals surface area contributed by atoms with Gasteiger partial charge < -0.3 is 15.7 Å². The van der Waals surface area contributed by atoms with E-state index in [1.807, 2.05) is 30.3 Å². The highest BCUT2D eigenvalue weighted by atomic mass is 32.1. The van der Waals surface area contributed by atoms with Gasteiger partial charge in [-0.3, -0.25) is 9.59 Å². The summed E-state index contributed by atoms with van der Waals surface area (Å²) >= 11 is 4.15. The molecule has 1 aliphatic rings. The van der Waals surface area contributed by atoms with Crippen LogP contribution in [0.4, 0.5) is 0 Å². The third-order valence-corrected chi connectivity index (χ3v) is 4.93. The first-order valence-corrected chi connectivity index (χ1v) is 9.63. The van der Waals surface area contributed by atoms with Gasteiger partial charge in [-0.2, -0.15) is 12.6 Å². The van der Waals surface area contributed by atoms with Gasteiger partial charge in [-0.1, -0.05) is 43.2 Å². The second-order valence-corrected chi connectivity index (χ2v) is 7.09. The standard InChI is InChI=1S/C19H26N2O4S/c22-17(14-8-4-5-9-14)20-15(10-11-26)18(23)21-16(19(24)25)12-13-6-2-1-3-7-13/h1-3,6-7,14-16,26H,4-5,8-12H2,(H,20,22)(H,21,23)(H,24,25)/t15?,16-/m1/s1. The summed E-state index contributed by atoms with van der Waals surface area (Å²) in [6, 6.07) is 7.31. The first kappa shape index (κ1) is 20.3. The molecular formula is C19H26N2O4S. The zero-order chi connectivity index (χ0) is 18.9. The van der Waals surface area contributed by atoms with Crippen LogP contribution >= 0.6 is 12.6 Å². The molecule has 1 unspecified atom stereocenters. The molecule has 0 spiro atoms. The molecule has 6 nitrogen and oxygen atoms in total. The number of nitrogens with one attached hydrogen (secondary N) is 2. The third-order valence-electron chi connectivity index (χ3n) is 4.67. The van der Waals surface area contributed by atoms with Crippen molar-refractivity contribution in [3.05, 3.63) is 35.9 Å². The molecule has 1 aromatic carbocycles. The third kappa shape index (κ3) is 6.05. The number of carbonyl (C=O) groups is 3. The lowest BCUT2D eigenvalue weighted by molar-refractivity contribution is -0.142. The van der Waals surface area contributed by atoms with Gasteiger partial charge in [-0.25, -0.2) is 4.79 Å². The van der Waals surface area contributed by atoms with Gasteiger partial charge in [0.15, 0.2) is 0 Å². The Labute approximate surface area is 159 Å². The van der Waals surface area contributed by atoms with E-state index in [4.69, 9.17) is 0 Å². The molecule has 1 aliphatic carbocycles. The zero-order valence-corrected chi connectivity index (χ0v) is 15.6. The Kier molecular flexibility index (Phi) is 7.97. The van der Waals surface area contributed by atoms with Crippen molar-refractivity contribution in [1.82, 2.24) is 10.6 Å². The molecule has 0 aliphatic heterocycles. The zero-order valence-electron chi connectivity index (χ0n) is 14.7. The summed E-state index contributed by atoms with van der Waals surface area (Å²) in [6.07, 6.45) is 4.27. The number of aliphatic carboxylic acids is 1. The molecule has 2 amide bonds. The van der Waals surface area contributed by atoms with E-state index in [1.54, 1.807) is 0 Å². The molecule has 26 heavy (non-hydrogen) atoms. The van der Waals surface area contributed by atoms with Gasteiger partial charge >= 0.3 is 5.97 Å². The topological polar surface area (TPSA) is 95.5 Å². The number of hydrogen-bond donors (Lipinski definition) is 4. The van der Waals surface area contributed by atoms with Gasteiger partial charge in [0.05, 0.1) is 0 Å². The molecule has 0 radical (unpaired) electrons. The smallest absolute Gasteiger partial charge is 0.326 e. The van der Waals surface area contributed by atoms with Gasteiger partial charge in [-0.15, -0.1) is 0 Å². The molecule has 2 atom stereocenters. The van der Waals surface area contributed by atoms with Crippen molar-refractivity contribution in [3.8, 4) is 0 Å². The number of carbonyl (C=O) groups excluding carboxylic acids is 2. The van der Waals surface area contributed by atoms with Crippen molar-refractivity contribution < 1.29 is 19.5 Å². The van der Waals surface area contributed by atoms with Crippen molar-refractivity contribution in [1.29, 1.82) is 0 Å². The van der Waals surface area contributed by atoms with Crippen molar-refractivity contribution in [2.75, 3.05) is 5.75 Å². The van der Waals surface area contributed by atoms with Crippen LogP contribution in [0.1, 0.15) is 37.7 Å². The van der Waals surface area contributed by atoms with Gasteiger partial charge in [-0.05, 0) is 30.6 Å². The van der Waals surface area contributed by atoms with E-state index >= 15 is 0 Å². The fourth-order valence-electron chi connectivity index (χ4n) is 3.20. The van der Waals surface area contributed by atoms with Crippen molar-refractivity contribution in [2.24, 2.45) is 5.92 Å². The number of rotatable bonds is 9. The summed E-state index contributed by atoms with van der Waals surface area (Å²) in [4.78, 5) is 36.4. The van der Waals surface area contributed by atoms with Gasteiger partial charge in [0.25, 0.3) is 0 Å². The molecule has 2 rings (SSSR count). The lowest BCUT2D eigenvalue weighted by Gasteiger charge is -2.22. The molecule has 142 valence electrons. The Hall–Kier alpha value is -2.02. The van der Waals surface area contributed by atoms with Crippen molar-refractivity contribution in [3.63, 3.8) is 0 Å². The number of thiol groups is 1. The molecule has 1 fully saturated rings. The lowest BCUT2D eigenvalue weighted by atomic mass is 10.0. The number of carboxylic acid groups (broad SMARTS) is 1. The highest BCUT2D eigenvalue weighted by Gasteiger charge is 2.29. The molecule has 7 heteroatoms. The summed E-state index contributed by atoms with van der Waals surface area (Å²) in [5.74, 6) is -1.34. The number of hydrogen-bond acceptors (Lipinski definition) is 4. The van der Waals surface area contributed by atoms with Gasteiger partial charge in [0.1, 0.15) is 12.1 Å². The minimum atomic E-state index is -1.10. The molecule has 1 saturated carbocycles. The highest BCUT2D eigenvalue weighted by Crippen LogP contribution is 2.24. The Bertz CT molecular complexity index is 617. The normalized spacial score (nSPS) is 16.7. The average molecular weight is 378 g/mol. The van der Waals surface area contributed by atoms with Crippen molar-refractivity contribution >= 4 is 30.4 Å². The summed E-state index contributed by atoms with van der Waals surface area (Å²) in [6.45, 7) is 0. The van der Waals surface area contributed by atoms with Crippen LogP contribution in [0, 0.1) is 5.92 Å². The molecule has 0 bridgehead atoms. The minimum Gasteiger partial charge on any atom is -0.480 e. The number of carboxylic acids is 1. The van der Waals surface area contributed by atoms with E-state index < -0.39 is 24.0 Å². The molecule has 0 saturated heterocycles. The quantitative estimate of drug-likeness (QED) is 0.493.